The molecule has 1 fully saturated rings. The van der Waals surface area contributed by atoms with E-state index < -0.39 is 0 Å². The Morgan fingerprint density at radius 2 is 1.67 bits per heavy atom. The van der Waals surface area contributed by atoms with Crippen LogP contribution in [0.25, 0.3) is 0 Å². The molecule has 3 N–H and O–H groups in total. The second-order valence-electron chi connectivity index (χ2n) is 4.46. The average molecular weight is 215 g/mol. The third-order valence-corrected chi connectivity index (χ3v) is 3.01. The summed E-state index contributed by atoms with van der Waals surface area (Å²) in [6, 6.07) is 0. The molecule has 4 nitrogen and oxygen atoms in total. The number of aliphatic hydroxyl groups excluding tert-OH is 1. The molecule has 0 saturated carbocycles. The first-order chi connectivity index (χ1) is 7.22. The van der Waals surface area contributed by atoms with E-state index in [1.54, 1.807) is 0 Å². The molecule has 1 heterocycles. The lowest BCUT2D eigenvalue weighted by molar-refractivity contribution is 0.108. The van der Waals surface area contributed by atoms with Crippen molar-refractivity contribution in [2.75, 3.05) is 45.8 Å². The fraction of sp³-hybridized carbons (Fsp3) is 1.00. The SMILES string of the molecule is CC(O)CCN1CCN(CCCN)CC1. The summed E-state index contributed by atoms with van der Waals surface area (Å²) in [6.45, 7) is 9.40. The van der Waals surface area contributed by atoms with Crippen molar-refractivity contribution in [3.8, 4) is 0 Å². The van der Waals surface area contributed by atoms with Crippen molar-refractivity contribution in [1.29, 1.82) is 0 Å². The Balaban J connectivity index is 2.07. The lowest BCUT2D eigenvalue weighted by Crippen LogP contribution is -2.47. The number of rotatable bonds is 6. The second-order valence-corrected chi connectivity index (χ2v) is 4.46. The first-order valence-corrected chi connectivity index (χ1v) is 6.05. The number of aliphatic hydroxyl groups is 1. The van der Waals surface area contributed by atoms with Crippen LogP contribution in [0.1, 0.15) is 19.8 Å². The summed E-state index contributed by atoms with van der Waals surface area (Å²) in [5, 5.41) is 9.20. The maximum atomic E-state index is 9.20. The summed E-state index contributed by atoms with van der Waals surface area (Å²) < 4.78 is 0. The normalized spacial score (nSPS) is 21.8. The van der Waals surface area contributed by atoms with Crippen LogP contribution in [0.4, 0.5) is 0 Å². The van der Waals surface area contributed by atoms with Crippen LogP contribution in [-0.4, -0.2) is 66.8 Å². The molecule has 15 heavy (non-hydrogen) atoms. The van der Waals surface area contributed by atoms with Gasteiger partial charge in [-0.3, -0.25) is 0 Å². The second kappa shape index (κ2) is 7.17. The van der Waals surface area contributed by atoms with Gasteiger partial charge >= 0.3 is 0 Å². The third-order valence-electron chi connectivity index (χ3n) is 3.01. The molecule has 90 valence electrons. The van der Waals surface area contributed by atoms with E-state index in [0.29, 0.717) is 0 Å². The number of nitrogens with two attached hydrogens (primary N) is 1. The largest absolute Gasteiger partial charge is 0.393 e. The van der Waals surface area contributed by atoms with Gasteiger partial charge in [0.15, 0.2) is 0 Å². The molecule has 1 saturated heterocycles. The van der Waals surface area contributed by atoms with Crippen LogP contribution >= 0.6 is 0 Å². The fourth-order valence-electron chi connectivity index (χ4n) is 1.92. The van der Waals surface area contributed by atoms with Gasteiger partial charge in [-0.2, -0.15) is 0 Å². The molecule has 1 unspecified atom stereocenters. The molecular weight excluding hydrogens is 190 g/mol. The van der Waals surface area contributed by atoms with Gasteiger partial charge in [0.05, 0.1) is 6.10 Å². The van der Waals surface area contributed by atoms with E-state index in [0.717, 1.165) is 58.7 Å². The van der Waals surface area contributed by atoms with E-state index in [1.165, 1.54) is 0 Å². The quantitative estimate of drug-likeness (QED) is 0.640. The molecule has 0 spiro atoms. The van der Waals surface area contributed by atoms with Crippen LogP contribution in [0, 0.1) is 0 Å². The number of hydrogen-bond donors (Lipinski definition) is 2. The zero-order valence-corrected chi connectivity index (χ0v) is 9.86. The first-order valence-electron chi connectivity index (χ1n) is 6.05. The Labute approximate surface area is 93.0 Å². The van der Waals surface area contributed by atoms with Crippen molar-refractivity contribution in [2.45, 2.75) is 25.9 Å². The van der Waals surface area contributed by atoms with E-state index in [4.69, 9.17) is 5.73 Å². The van der Waals surface area contributed by atoms with Crippen molar-refractivity contribution in [1.82, 2.24) is 9.80 Å². The van der Waals surface area contributed by atoms with Gasteiger partial charge in [-0.1, -0.05) is 0 Å². The van der Waals surface area contributed by atoms with Gasteiger partial charge in [0.2, 0.25) is 0 Å². The van der Waals surface area contributed by atoms with Crippen LogP contribution in [0.2, 0.25) is 0 Å². The van der Waals surface area contributed by atoms with Gasteiger partial charge in [0, 0.05) is 32.7 Å². The minimum Gasteiger partial charge on any atom is -0.393 e. The number of hydrogen-bond acceptors (Lipinski definition) is 4. The van der Waals surface area contributed by atoms with E-state index in [9.17, 15) is 5.11 Å². The minimum atomic E-state index is -0.166. The average Bonchev–Trinajstić information content (AvgIpc) is 2.25. The summed E-state index contributed by atoms with van der Waals surface area (Å²) in [7, 11) is 0. The highest BCUT2D eigenvalue weighted by Gasteiger charge is 2.15. The van der Waals surface area contributed by atoms with Gasteiger partial charge in [0.25, 0.3) is 0 Å². The standard InChI is InChI=1S/C11H25N3O/c1-11(15)3-6-14-9-7-13(8-10-14)5-2-4-12/h11,15H,2-10,12H2,1H3. The van der Waals surface area contributed by atoms with E-state index >= 15 is 0 Å². The molecule has 4 heteroatoms. The molecule has 1 aliphatic heterocycles. The Kier molecular flexibility index (Phi) is 6.17. The van der Waals surface area contributed by atoms with E-state index in [2.05, 4.69) is 9.80 Å². The zero-order chi connectivity index (χ0) is 11.1. The van der Waals surface area contributed by atoms with E-state index in [-0.39, 0.29) is 6.10 Å². The molecule has 0 aliphatic carbocycles. The fourth-order valence-corrected chi connectivity index (χ4v) is 1.92. The van der Waals surface area contributed by atoms with E-state index in [1.807, 2.05) is 6.92 Å². The predicted molar refractivity (Wildman–Crippen MR) is 62.8 cm³/mol. The lowest BCUT2D eigenvalue weighted by Gasteiger charge is -2.34. The molecule has 0 aromatic heterocycles. The smallest absolute Gasteiger partial charge is 0.0524 e. The maximum absolute atomic E-state index is 9.20. The van der Waals surface area contributed by atoms with Crippen molar-refractivity contribution in [3.63, 3.8) is 0 Å². The molecule has 1 rings (SSSR count). The Morgan fingerprint density at radius 3 is 2.13 bits per heavy atom. The van der Waals surface area contributed by atoms with Crippen LogP contribution in [0.3, 0.4) is 0 Å². The molecule has 0 amide bonds. The first kappa shape index (κ1) is 12.9. The topological polar surface area (TPSA) is 52.7 Å². The summed E-state index contributed by atoms with van der Waals surface area (Å²) in [6.07, 6.45) is 1.83. The molecule has 0 aromatic rings. The highest BCUT2D eigenvalue weighted by Crippen LogP contribution is 2.04. The summed E-state index contributed by atoms with van der Waals surface area (Å²) in [5.74, 6) is 0. The maximum Gasteiger partial charge on any atom is 0.0524 e. The molecule has 0 aromatic carbocycles. The van der Waals surface area contributed by atoms with Gasteiger partial charge in [-0.05, 0) is 32.9 Å². The van der Waals surface area contributed by atoms with Gasteiger partial charge < -0.3 is 20.6 Å². The van der Waals surface area contributed by atoms with Gasteiger partial charge in [-0.15, -0.1) is 0 Å². The molecule has 1 atom stereocenters. The predicted octanol–water partition coefficient (Wildman–Crippen LogP) is -0.276. The van der Waals surface area contributed by atoms with Crippen LogP contribution in [0.5, 0.6) is 0 Å². The molecule has 1 aliphatic rings. The summed E-state index contributed by atoms with van der Waals surface area (Å²) >= 11 is 0. The summed E-state index contributed by atoms with van der Waals surface area (Å²) in [4.78, 5) is 4.91. The van der Waals surface area contributed by atoms with Crippen molar-refractivity contribution >= 4 is 0 Å². The van der Waals surface area contributed by atoms with Crippen LogP contribution < -0.4 is 5.73 Å². The number of nitrogens with zero attached hydrogens (tertiary/aromatic N) is 2. The zero-order valence-electron chi connectivity index (χ0n) is 9.86. The third kappa shape index (κ3) is 5.47. The van der Waals surface area contributed by atoms with Gasteiger partial charge in [0.1, 0.15) is 0 Å². The van der Waals surface area contributed by atoms with Crippen molar-refractivity contribution in [3.05, 3.63) is 0 Å². The van der Waals surface area contributed by atoms with Crippen molar-refractivity contribution < 1.29 is 5.11 Å². The Morgan fingerprint density at radius 1 is 1.13 bits per heavy atom. The lowest BCUT2D eigenvalue weighted by atomic mass is 10.2. The van der Waals surface area contributed by atoms with Gasteiger partial charge in [-0.25, -0.2) is 0 Å². The molecule has 0 radical (unpaired) electrons. The highest BCUT2D eigenvalue weighted by molar-refractivity contribution is 4.72. The van der Waals surface area contributed by atoms with Crippen LogP contribution in [0.15, 0.2) is 0 Å². The Bertz CT molecular complexity index is 156. The summed E-state index contributed by atoms with van der Waals surface area (Å²) in [5.41, 5.74) is 5.49. The number of piperazine rings is 1. The minimum absolute atomic E-state index is 0.166. The van der Waals surface area contributed by atoms with Crippen LogP contribution in [-0.2, 0) is 0 Å². The Hall–Kier alpha value is -0.160. The highest BCUT2D eigenvalue weighted by atomic mass is 16.3. The monoisotopic (exact) mass is 215 g/mol. The van der Waals surface area contributed by atoms with Crippen molar-refractivity contribution in [2.24, 2.45) is 5.73 Å². The molecular formula is C11H25N3O. The molecule has 0 bridgehead atoms.